The number of nitrogens with one attached hydrogen (secondary N) is 3. The summed E-state index contributed by atoms with van der Waals surface area (Å²) in [5.74, 6) is -1.16. The number of carbonyl (C=O) groups is 1. The van der Waals surface area contributed by atoms with E-state index in [9.17, 15) is 17.6 Å². The van der Waals surface area contributed by atoms with Crippen LogP contribution < -0.4 is 15.4 Å². The Bertz CT molecular complexity index is 704. The summed E-state index contributed by atoms with van der Waals surface area (Å²) in [6.45, 7) is 1.50. The smallest absolute Gasteiger partial charge is 0.243 e. The molecule has 1 aliphatic heterocycles. The number of rotatable bonds is 5. The summed E-state index contributed by atoms with van der Waals surface area (Å²) in [4.78, 5) is 11.8. The molecule has 0 spiro atoms. The second-order valence-electron chi connectivity index (χ2n) is 6.07. The van der Waals surface area contributed by atoms with Crippen molar-refractivity contribution in [3.05, 3.63) is 24.0 Å². The third kappa shape index (κ3) is 4.66. The molecule has 1 saturated heterocycles. The highest BCUT2D eigenvalue weighted by Gasteiger charge is 2.30. The largest absolute Gasteiger partial charge is 0.326 e. The summed E-state index contributed by atoms with van der Waals surface area (Å²) in [5, 5.41) is 5.83. The highest BCUT2D eigenvalue weighted by atomic mass is 35.5. The molecule has 1 heterocycles. The summed E-state index contributed by atoms with van der Waals surface area (Å²) in [5.41, 5.74) is 0.290. The summed E-state index contributed by atoms with van der Waals surface area (Å²) >= 11 is 0. The van der Waals surface area contributed by atoms with Gasteiger partial charge in [-0.2, -0.15) is 0 Å². The first-order chi connectivity index (χ1) is 11.0. The molecule has 2 fully saturated rings. The standard InChI is InChI=1S/C15H20FN3O3S.ClH/c16-13-6-5-12(18-15(20)10-2-1-7-17-9-10)8-14(13)23(21,22)19-11-3-4-11;/h5-6,8,10-11,17,19H,1-4,7,9H2,(H,18,20);1H. The van der Waals surface area contributed by atoms with Crippen LogP contribution in [0.25, 0.3) is 0 Å². The predicted molar refractivity (Wildman–Crippen MR) is 91.2 cm³/mol. The van der Waals surface area contributed by atoms with Crippen molar-refractivity contribution in [1.82, 2.24) is 10.0 Å². The van der Waals surface area contributed by atoms with Gasteiger partial charge in [-0.3, -0.25) is 4.79 Å². The monoisotopic (exact) mass is 377 g/mol. The SMILES string of the molecule is Cl.O=C(Nc1ccc(F)c(S(=O)(=O)NC2CC2)c1)C1CCCNC1. The van der Waals surface area contributed by atoms with Crippen LogP contribution in [0.1, 0.15) is 25.7 Å². The van der Waals surface area contributed by atoms with Gasteiger partial charge in [0.1, 0.15) is 10.7 Å². The van der Waals surface area contributed by atoms with E-state index < -0.39 is 20.7 Å². The topological polar surface area (TPSA) is 87.3 Å². The van der Waals surface area contributed by atoms with Crippen LogP contribution in [-0.2, 0) is 14.8 Å². The first-order valence-electron chi connectivity index (χ1n) is 7.79. The van der Waals surface area contributed by atoms with Crippen molar-refractivity contribution in [2.75, 3.05) is 18.4 Å². The summed E-state index contributed by atoms with van der Waals surface area (Å²) in [7, 11) is -3.90. The maximum atomic E-state index is 13.9. The fraction of sp³-hybridized carbons (Fsp3) is 0.533. The van der Waals surface area contributed by atoms with Crippen molar-refractivity contribution in [1.29, 1.82) is 0 Å². The van der Waals surface area contributed by atoms with Gasteiger partial charge < -0.3 is 10.6 Å². The van der Waals surface area contributed by atoms with Crippen LogP contribution in [0.3, 0.4) is 0 Å². The summed E-state index contributed by atoms with van der Waals surface area (Å²) in [6, 6.07) is 3.51. The van der Waals surface area contributed by atoms with Crippen LogP contribution in [0.15, 0.2) is 23.1 Å². The van der Waals surface area contributed by atoms with Crippen LogP contribution in [0.5, 0.6) is 0 Å². The number of halogens is 2. The Kier molecular flexibility index (Phi) is 6.19. The van der Waals surface area contributed by atoms with Crippen molar-refractivity contribution < 1.29 is 17.6 Å². The lowest BCUT2D eigenvalue weighted by molar-refractivity contribution is -0.120. The lowest BCUT2D eigenvalue weighted by Gasteiger charge is -2.22. The number of hydrogen-bond acceptors (Lipinski definition) is 4. The Labute approximate surface area is 147 Å². The molecule has 0 radical (unpaired) electrons. The van der Waals surface area contributed by atoms with Crippen molar-refractivity contribution in [2.24, 2.45) is 5.92 Å². The lowest BCUT2D eigenvalue weighted by atomic mass is 9.99. The van der Waals surface area contributed by atoms with Gasteiger partial charge in [-0.25, -0.2) is 17.5 Å². The second-order valence-corrected chi connectivity index (χ2v) is 7.76. The molecule has 134 valence electrons. The van der Waals surface area contributed by atoms with E-state index >= 15 is 0 Å². The normalized spacial score (nSPS) is 21.0. The molecule has 1 unspecified atom stereocenters. The molecule has 1 saturated carbocycles. The number of piperidine rings is 1. The minimum Gasteiger partial charge on any atom is -0.326 e. The van der Waals surface area contributed by atoms with E-state index in [0.29, 0.717) is 6.54 Å². The first kappa shape index (κ1) is 19.1. The zero-order valence-electron chi connectivity index (χ0n) is 13.0. The third-order valence-electron chi connectivity index (χ3n) is 4.06. The summed E-state index contributed by atoms with van der Waals surface area (Å²) in [6.07, 6.45) is 3.25. The fourth-order valence-corrected chi connectivity index (χ4v) is 4.00. The van der Waals surface area contributed by atoms with Crippen LogP contribution in [0.4, 0.5) is 10.1 Å². The molecule has 1 amide bonds. The zero-order chi connectivity index (χ0) is 16.4. The van der Waals surface area contributed by atoms with Gasteiger partial charge in [0, 0.05) is 18.3 Å². The number of amides is 1. The number of benzene rings is 1. The van der Waals surface area contributed by atoms with Gasteiger partial charge in [-0.1, -0.05) is 0 Å². The first-order valence-corrected chi connectivity index (χ1v) is 9.27. The molecule has 24 heavy (non-hydrogen) atoms. The maximum Gasteiger partial charge on any atom is 0.243 e. The maximum absolute atomic E-state index is 13.9. The van der Waals surface area contributed by atoms with Crippen molar-refractivity contribution in [2.45, 2.75) is 36.6 Å². The number of anilines is 1. The van der Waals surface area contributed by atoms with Crippen LogP contribution in [0.2, 0.25) is 0 Å². The van der Waals surface area contributed by atoms with E-state index in [2.05, 4.69) is 15.4 Å². The quantitative estimate of drug-likeness (QED) is 0.727. The van der Waals surface area contributed by atoms with Crippen LogP contribution in [-0.4, -0.2) is 33.5 Å². The van der Waals surface area contributed by atoms with Crippen LogP contribution in [0, 0.1) is 11.7 Å². The van der Waals surface area contributed by atoms with Crippen molar-refractivity contribution >= 4 is 34.0 Å². The van der Waals surface area contributed by atoms with Crippen molar-refractivity contribution in [3.63, 3.8) is 0 Å². The van der Waals surface area contributed by atoms with Gasteiger partial charge in [0.25, 0.3) is 0 Å². The molecule has 0 aromatic heterocycles. The minimum absolute atomic E-state index is 0. The molecule has 3 rings (SSSR count). The molecule has 3 N–H and O–H groups in total. The van der Waals surface area contributed by atoms with Gasteiger partial charge in [0.15, 0.2) is 0 Å². The number of carbonyl (C=O) groups excluding carboxylic acids is 1. The van der Waals surface area contributed by atoms with E-state index in [-0.39, 0.29) is 36.0 Å². The molecular formula is C15H21ClFN3O3S. The van der Waals surface area contributed by atoms with Gasteiger partial charge in [0.05, 0.1) is 5.92 Å². The lowest BCUT2D eigenvalue weighted by Crippen LogP contribution is -2.37. The molecule has 1 aliphatic carbocycles. The van der Waals surface area contributed by atoms with Crippen LogP contribution >= 0.6 is 12.4 Å². The highest BCUT2D eigenvalue weighted by molar-refractivity contribution is 7.89. The second kappa shape index (κ2) is 7.77. The van der Waals surface area contributed by atoms with E-state index in [0.717, 1.165) is 38.3 Å². The molecule has 1 atom stereocenters. The Balaban J connectivity index is 0.00000208. The molecule has 1 aromatic rings. The fourth-order valence-electron chi connectivity index (χ4n) is 2.59. The Hall–Kier alpha value is -1.22. The Morgan fingerprint density at radius 2 is 2.00 bits per heavy atom. The third-order valence-corrected chi connectivity index (χ3v) is 5.59. The number of sulfonamides is 1. The molecule has 6 nitrogen and oxygen atoms in total. The molecular weight excluding hydrogens is 357 g/mol. The van der Waals surface area contributed by atoms with E-state index in [1.807, 2.05) is 0 Å². The van der Waals surface area contributed by atoms with Gasteiger partial charge in [-0.05, 0) is 50.4 Å². The van der Waals surface area contributed by atoms with Gasteiger partial charge in [-0.15, -0.1) is 12.4 Å². The zero-order valence-corrected chi connectivity index (χ0v) is 14.7. The molecule has 2 aliphatic rings. The van der Waals surface area contributed by atoms with Gasteiger partial charge in [0.2, 0.25) is 15.9 Å². The van der Waals surface area contributed by atoms with E-state index in [4.69, 9.17) is 0 Å². The average molecular weight is 378 g/mol. The summed E-state index contributed by atoms with van der Waals surface area (Å²) < 4.78 is 40.7. The minimum atomic E-state index is -3.90. The van der Waals surface area contributed by atoms with E-state index in [1.54, 1.807) is 0 Å². The predicted octanol–water partition coefficient (Wildman–Crippen LogP) is 1.63. The van der Waals surface area contributed by atoms with Crippen molar-refractivity contribution in [3.8, 4) is 0 Å². The average Bonchev–Trinajstić information content (AvgIpc) is 3.33. The highest BCUT2D eigenvalue weighted by Crippen LogP contribution is 2.25. The van der Waals surface area contributed by atoms with Gasteiger partial charge >= 0.3 is 0 Å². The molecule has 0 bridgehead atoms. The molecule has 1 aromatic carbocycles. The Morgan fingerprint density at radius 1 is 1.25 bits per heavy atom. The molecule has 9 heteroatoms. The number of hydrogen-bond donors (Lipinski definition) is 3. The van der Waals surface area contributed by atoms with E-state index in [1.165, 1.54) is 12.1 Å². The Morgan fingerprint density at radius 3 is 2.62 bits per heavy atom.